The molecule has 0 heterocycles. The molecule has 2 nitrogen and oxygen atoms in total. The highest BCUT2D eigenvalue weighted by Crippen LogP contribution is 2.31. The van der Waals surface area contributed by atoms with E-state index in [-0.39, 0.29) is 12.3 Å². The lowest BCUT2D eigenvalue weighted by atomic mass is 9.98. The van der Waals surface area contributed by atoms with Crippen LogP contribution in [0.4, 0.5) is 8.78 Å². The van der Waals surface area contributed by atoms with Crippen molar-refractivity contribution in [3.05, 3.63) is 35.4 Å². The molecule has 0 aromatic heterocycles. The number of amides is 1. The van der Waals surface area contributed by atoms with E-state index in [9.17, 15) is 13.6 Å². The van der Waals surface area contributed by atoms with Crippen molar-refractivity contribution in [3.63, 3.8) is 0 Å². The number of carbonyl (C=O) groups excluding carboxylic acids is 1. The van der Waals surface area contributed by atoms with Gasteiger partial charge in [-0.15, -0.1) is 11.6 Å². The van der Waals surface area contributed by atoms with Gasteiger partial charge < -0.3 is 5.32 Å². The van der Waals surface area contributed by atoms with Gasteiger partial charge in [0.1, 0.15) is 0 Å². The molecule has 1 aromatic carbocycles. The van der Waals surface area contributed by atoms with E-state index in [1.807, 2.05) is 0 Å². The summed E-state index contributed by atoms with van der Waals surface area (Å²) in [6.45, 7) is 0.611. The minimum absolute atomic E-state index is 0.0649. The number of halogens is 3. The Morgan fingerprint density at radius 3 is 2.70 bits per heavy atom. The van der Waals surface area contributed by atoms with E-state index >= 15 is 0 Å². The Bertz CT molecular complexity index is 481. The molecule has 0 spiro atoms. The summed E-state index contributed by atoms with van der Waals surface area (Å²) in [6.07, 6.45) is 3.42. The van der Waals surface area contributed by atoms with Crippen LogP contribution in [0.2, 0.25) is 0 Å². The molecule has 5 heteroatoms. The number of carbonyl (C=O) groups is 1. The number of hydrogen-bond acceptors (Lipinski definition) is 1. The molecule has 1 aliphatic rings. The molecule has 2 rings (SSSR count). The van der Waals surface area contributed by atoms with E-state index in [1.54, 1.807) is 0 Å². The maximum absolute atomic E-state index is 13.0. The van der Waals surface area contributed by atoms with E-state index in [0.717, 1.165) is 31.4 Å². The fourth-order valence-corrected chi connectivity index (χ4v) is 3.13. The number of alkyl halides is 1. The largest absolute Gasteiger partial charge is 0.356 e. The van der Waals surface area contributed by atoms with Crippen LogP contribution in [0.3, 0.4) is 0 Å². The molecule has 1 aromatic rings. The third-order valence-electron chi connectivity index (χ3n) is 3.92. The lowest BCUT2D eigenvalue weighted by Gasteiger charge is -2.17. The molecule has 0 saturated heterocycles. The molecule has 2 unspecified atom stereocenters. The number of hydrogen-bond donors (Lipinski definition) is 1. The van der Waals surface area contributed by atoms with E-state index in [1.165, 1.54) is 6.07 Å². The summed E-state index contributed by atoms with van der Waals surface area (Å²) < 4.78 is 25.8. The second-order valence-corrected chi connectivity index (χ2v) is 5.64. The van der Waals surface area contributed by atoms with Gasteiger partial charge in [0.25, 0.3) is 0 Å². The molecule has 1 saturated carbocycles. The Kier molecular flexibility index (Phi) is 5.35. The van der Waals surface area contributed by atoms with Crippen LogP contribution in [-0.4, -0.2) is 18.3 Å². The second-order valence-electron chi connectivity index (χ2n) is 5.33. The average molecular weight is 302 g/mol. The van der Waals surface area contributed by atoms with Crippen LogP contribution >= 0.6 is 11.6 Å². The summed E-state index contributed by atoms with van der Waals surface area (Å²) in [5.74, 6) is -0.458. The van der Waals surface area contributed by atoms with E-state index in [4.69, 9.17) is 11.6 Å². The van der Waals surface area contributed by atoms with Crippen molar-refractivity contribution in [2.45, 2.75) is 25.7 Å². The molecule has 0 radical (unpaired) electrons. The molecule has 0 bridgehead atoms. The van der Waals surface area contributed by atoms with Gasteiger partial charge >= 0.3 is 0 Å². The molecule has 1 N–H and O–H groups in total. The average Bonchev–Trinajstić information content (AvgIpc) is 2.88. The van der Waals surface area contributed by atoms with Gasteiger partial charge in [0, 0.05) is 12.4 Å². The predicted molar refractivity (Wildman–Crippen MR) is 74.6 cm³/mol. The van der Waals surface area contributed by atoms with Crippen molar-refractivity contribution < 1.29 is 13.6 Å². The van der Waals surface area contributed by atoms with Gasteiger partial charge in [-0.3, -0.25) is 4.79 Å². The van der Waals surface area contributed by atoms with Gasteiger partial charge in [-0.1, -0.05) is 12.5 Å². The molecule has 1 amide bonds. The maximum atomic E-state index is 13.0. The van der Waals surface area contributed by atoms with Gasteiger partial charge in [-0.05, 0) is 42.4 Å². The second kappa shape index (κ2) is 7.02. The molecule has 110 valence electrons. The van der Waals surface area contributed by atoms with Crippen molar-refractivity contribution >= 4 is 17.5 Å². The van der Waals surface area contributed by atoms with Gasteiger partial charge in [0.2, 0.25) is 5.91 Å². The lowest BCUT2D eigenvalue weighted by Crippen LogP contribution is -2.32. The van der Waals surface area contributed by atoms with Crippen LogP contribution in [0.15, 0.2) is 18.2 Å². The zero-order chi connectivity index (χ0) is 14.5. The Hall–Kier alpha value is -1.16. The first kappa shape index (κ1) is 15.2. The quantitative estimate of drug-likeness (QED) is 0.831. The Labute approximate surface area is 122 Å². The van der Waals surface area contributed by atoms with Gasteiger partial charge in [0.05, 0.1) is 6.42 Å². The molecular weight excluding hydrogens is 284 g/mol. The molecule has 2 atom stereocenters. The van der Waals surface area contributed by atoms with Crippen LogP contribution in [-0.2, 0) is 11.2 Å². The monoisotopic (exact) mass is 301 g/mol. The minimum Gasteiger partial charge on any atom is -0.356 e. The number of benzene rings is 1. The van der Waals surface area contributed by atoms with Crippen LogP contribution in [0.5, 0.6) is 0 Å². The van der Waals surface area contributed by atoms with Crippen LogP contribution in [0.1, 0.15) is 24.8 Å². The van der Waals surface area contributed by atoms with Crippen molar-refractivity contribution in [2.75, 3.05) is 12.4 Å². The van der Waals surface area contributed by atoms with Crippen molar-refractivity contribution in [1.29, 1.82) is 0 Å². The highest BCUT2D eigenvalue weighted by molar-refractivity contribution is 6.18. The summed E-state index contributed by atoms with van der Waals surface area (Å²) in [7, 11) is 0. The minimum atomic E-state index is -0.923. The standard InChI is InChI=1S/C15H18ClF2NO/c16-8-11-2-1-3-12(11)9-19-15(20)7-10-4-5-13(17)14(18)6-10/h4-6,11-12H,1-3,7-9H2,(H,19,20). The molecular formula is C15H18ClF2NO. The van der Waals surface area contributed by atoms with Gasteiger partial charge in [-0.25, -0.2) is 8.78 Å². The number of rotatable bonds is 5. The summed E-state index contributed by atoms with van der Waals surface area (Å²) in [6, 6.07) is 3.53. The summed E-state index contributed by atoms with van der Waals surface area (Å²) in [5, 5.41) is 2.86. The summed E-state index contributed by atoms with van der Waals surface area (Å²) in [4.78, 5) is 11.8. The first-order valence-corrected chi connectivity index (χ1v) is 7.40. The van der Waals surface area contributed by atoms with Crippen LogP contribution in [0.25, 0.3) is 0 Å². The fourth-order valence-electron chi connectivity index (χ4n) is 2.73. The normalized spacial score (nSPS) is 21.9. The molecule has 1 aliphatic carbocycles. The van der Waals surface area contributed by atoms with Crippen molar-refractivity contribution in [3.8, 4) is 0 Å². The third kappa shape index (κ3) is 3.92. The van der Waals surface area contributed by atoms with Crippen LogP contribution < -0.4 is 5.32 Å². The first-order chi connectivity index (χ1) is 9.60. The van der Waals surface area contributed by atoms with E-state index < -0.39 is 11.6 Å². The number of nitrogens with one attached hydrogen (secondary N) is 1. The van der Waals surface area contributed by atoms with Crippen molar-refractivity contribution in [1.82, 2.24) is 5.32 Å². The summed E-state index contributed by atoms with van der Waals surface area (Å²) in [5.41, 5.74) is 0.474. The first-order valence-electron chi connectivity index (χ1n) is 6.86. The maximum Gasteiger partial charge on any atom is 0.224 e. The van der Waals surface area contributed by atoms with E-state index in [2.05, 4.69) is 5.32 Å². The molecule has 0 aliphatic heterocycles. The van der Waals surface area contributed by atoms with Gasteiger partial charge in [0.15, 0.2) is 11.6 Å². The highest BCUT2D eigenvalue weighted by Gasteiger charge is 2.26. The molecule has 20 heavy (non-hydrogen) atoms. The SMILES string of the molecule is O=C(Cc1ccc(F)c(F)c1)NCC1CCCC1CCl. The summed E-state index contributed by atoms with van der Waals surface area (Å²) >= 11 is 5.89. The predicted octanol–water partition coefficient (Wildman–Crippen LogP) is 3.28. The highest BCUT2D eigenvalue weighted by atomic mass is 35.5. The Morgan fingerprint density at radius 1 is 1.25 bits per heavy atom. The topological polar surface area (TPSA) is 29.1 Å². The Morgan fingerprint density at radius 2 is 2.00 bits per heavy atom. The zero-order valence-corrected chi connectivity index (χ0v) is 11.9. The van der Waals surface area contributed by atoms with Crippen LogP contribution in [0, 0.1) is 23.5 Å². The van der Waals surface area contributed by atoms with Gasteiger partial charge in [-0.2, -0.15) is 0 Å². The smallest absolute Gasteiger partial charge is 0.224 e. The van der Waals surface area contributed by atoms with Crippen molar-refractivity contribution in [2.24, 2.45) is 11.8 Å². The third-order valence-corrected chi connectivity index (χ3v) is 4.32. The molecule has 1 fully saturated rings. The Balaban J connectivity index is 1.81. The fraction of sp³-hybridized carbons (Fsp3) is 0.533. The lowest BCUT2D eigenvalue weighted by molar-refractivity contribution is -0.120. The van der Waals surface area contributed by atoms with E-state index in [0.29, 0.717) is 29.8 Å². The zero-order valence-electron chi connectivity index (χ0n) is 11.2.